The lowest BCUT2D eigenvalue weighted by Gasteiger charge is -2.07. The topological polar surface area (TPSA) is 63.0 Å². The van der Waals surface area contributed by atoms with Gasteiger partial charge in [-0.15, -0.1) is 5.10 Å². The summed E-state index contributed by atoms with van der Waals surface area (Å²) in [5.41, 5.74) is 0.341. The summed E-state index contributed by atoms with van der Waals surface area (Å²) in [4.78, 5) is 0. The molecule has 2 aromatic rings. The SMILES string of the molecule is CCCNC(C)c1nnc(Nc2ccc(F)c(F)c2)o1. The van der Waals surface area contributed by atoms with Crippen molar-refractivity contribution in [3.05, 3.63) is 35.7 Å². The number of nitrogens with zero attached hydrogens (tertiary/aromatic N) is 2. The standard InChI is InChI=1S/C13H16F2N4O/c1-3-6-16-8(2)12-18-19-13(20-12)17-9-4-5-10(14)11(15)7-9/h4-5,7-8,16H,3,6H2,1-2H3,(H,17,19). The van der Waals surface area contributed by atoms with Crippen LogP contribution >= 0.6 is 0 Å². The van der Waals surface area contributed by atoms with Crippen molar-refractivity contribution in [3.8, 4) is 0 Å². The van der Waals surface area contributed by atoms with Crippen molar-refractivity contribution in [2.45, 2.75) is 26.3 Å². The normalized spacial score (nSPS) is 12.4. The minimum absolute atomic E-state index is 0.0667. The van der Waals surface area contributed by atoms with Crippen LogP contribution in [0.3, 0.4) is 0 Å². The van der Waals surface area contributed by atoms with E-state index in [0.717, 1.165) is 25.1 Å². The van der Waals surface area contributed by atoms with Gasteiger partial charge in [-0.2, -0.15) is 0 Å². The minimum atomic E-state index is -0.937. The number of rotatable bonds is 6. The van der Waals surface area contributed by atoms with Crippen molar-refractivity contribution < 1.29 is 13.2 Å². The molecule has 7 heteroatoms. The van der Waals surface area contributed by atoms with E-state index in [1.165, 1.54) is 6.07 Å². The second-order valence-corrected chi connectivity index (χ2v) is 4.38. The van der Waals surface area contributed by atoms with E-state index in [0.29, 0.717) is 11.6 Å². The van der Waals surface area contributed by atoms with Crippen LogP contribution in [0.15, 0.2) is 22.6 Å². The number of benzene rings is 1. The maximum atomic E-state index is 13.1. The number of hydrogen-bond acceptors (Lipinski definition) is 5. The van der Waals surface area contributed by atoms with E-state index in [4.69, 9.17) is 4.42 Å². The molecule has 0 spiro atoms. The van der Waals surface area contributed by atoms with Gasteiger partial charge in [0.05, 0.1) is 6.04 Å². The van der Waals surface area contributed by atoms with Crippen LogP contribution in [0.2, 0.25) is 0 Å². The molecule has 0 bridgehead atoms. The Labute approximate surface area is 115 Å². The molecule has 20 heavy (non-hydrogen) atoms. The first-order valence-corrected chi connectivity index (χ1v) is 6.39. The lowest BCUT2D eigenvalue weighted by atomic mass is 10.3. The third-order valence-corrected chi connectivity index (χ3v) is 2.68. The van der Waals surface area contributed by atoms with Gasteiger partial charge in [-0.05, 0) is 32.0 Å². The molecule has 0 saturated carbocycles. The van der Waals surface area contributed by atoms with Crippen LogP contribution in [-0.4, -0.2) is 16.7 Å². The molecule has 0 amide bonds. The first kappa shape index (κ1) is 14.4. The highest BCUT2D eigenvalue weighted by atomic mass is 19.2. The number of hydrogen-bond donors (Lipinski definition) is 2. The van der Waals surface area contributed by atoms with Crippen LogP contribution in [0.4, 0.5) is 20.5 Å². The summed E-state index contributed by atoms with van der Waals surface area (Å²) in [6.07, 6.45) is 0.998. The van der Waals surface area contributed by atoms with Gasteiger partial charge >= 0.3 is 6.01 Å². The quantitative estimate of drug-likeness (QED) is 0.852. The minimum Gasteiger partial charge on any atom is -0.406 e. The maximum Gasteiger partial charge on any atom is 0.320 e. The highest BCUT2D eigenvalue weighted by molar-refractivity contribution is 5.51. The monoisotopic (exact) mass is 282 g/mol. The number of halogens is 2. The van der Waals surface area contributed by atoms with Gasteiger partial charge in [-0.3, -0.25) is 0 Å². The Morgan fingerprint density at radius 3 is 2.75 bits per heavy atom. The third kappa shape index (κ3) is 3.51. The Hall–Kier alpha value is -2.02. The van der Waals surface area contributed by atoms with Gasteiger partial charge < -0.3 is 15.1 Å². The molecular weight excluding hydrogens is 266 g/mol. The molecule has 0 fully saturated rings. The average molecular weight is 282 g/mol. The van der Waals surface area contributed by atoms with Crippen molar-refractivity contribution in [2.75, 3.05) is 11.9 Å². The van der Waals surface area contributed by atoms with Crippen LogP contribution in [0.25, 0.3) is 0 Å². The Morgan fingerprint density at radius 2 is 2.05 bits per heavy atom. The summed E-state index contributed by atoms with van der Waals surface area (Å²) in [5, 5.41) is 13.6. The third-order valence-electron chi connectivity index (χ3n) is 2.68. The Balaban J connectivity index is 2.03. The summed E-state index contributed by atoms with van der Waals surface area (Å²) < 4.78 is 31.3. The molecule has 0 saturated heterocycles. The molecule has 0 aliphatic rings. The predicted molar refractivity (Wildman–Crippen MR) is 70.6 cm³/mol. The zero-order valence-electron chi connectivity index (χ0n) is 11.3. The second-order valence-electron chi connectivity index (χ2n) is 4.38. The molecule has 0 aliphatic carbocycles. The van der Waals surface area contributed by atoms with Crippen LogP contribution in [0.5, 0.6) is 0 Å². The fraction of sp³-hybridized carbons (Fsp3) is 0.385. The van der Waals surface area contributed by atoms with E-state index in [1.807, 2.05) is 6.92 Å². The second kappa shape index (κ2) is 6.42. The summed E-state index contributed by atoms with van der Waals surface area (Å²) in [6, 6.07) is 3.51. The molecule has 1 atom stereocenters. The summed E-state index contributed by atoms with van der Waals surface area (Å²) in [6.45, 7) is 4.81. The van der Waals surface area contributed by atoms with Crippen molar-refractivity contribution in [3.63, 3.8) is 0 Å². The zero-order valence-corrected chi connectivity index (χ0v) is 11.3. The number of nitrogens with one attached hydrogen (secondary N) is 2. The number of aromatic nitrogens is 2. The summed E-state index contributed by atoms with van der Waals surface area (Å²) in [7, 11) is 0. The van der Waals surface area contributed by atoms with Gasteiger partial charge in [-0.1, -0.05) is 12.0 Å². The molecule has 2 N–H and O–H groups in total. The predicted octanol–water partition coefficient (Wildman–Crippen LogP) is 3.15. The van der Waals surface area contributed by atoms with Gasteiger partial charge in [0, 0.05) is 11.8 Å². The van der Waals surface area contributed by atoms with Crippen LogP contribution in [-0.2, 0) is 0 Å². The van der Waals surface area contributed by atoms with E-state index in [9.17, 15) is 8.78 Å². The molecule has 5 nitrogen and oxygen atoms in total. The molecule has 2 rings (SSSR count). The maximum absolute atomic E-state index is 13.1. The highest BCUT2D eigenvalue weighted by Gasteiger charge is 2.13. The Kier molecular flexibility index (Phi) is 4.62. The Morgan fingerprint density at radius 1 is 1.25 bits per heavy atom. The van der Waals surface area contributed by atoms with Crippen molar-refractivity contribution in [2.24, 2.45) is 0 Å². The van der Waals surface area contributed by atoms with Crippen LogP contribution in [0.1, 0.15) is 32.2 Å². The zero-order chi connectivity index (χ0) is 14.5. The van der Waals surface area contributed by atoms with E-state index < -0.39 is 11.6 Å². The lowest BCUT2D eigenvalue weighted by Crippen LogP contribution is -2.19. The molecule has 0 radical (unpaired) electrons. The average Bonchev–Trinajstić information content (AvgIpc) is 2.89. The lowest BCUT2D eigenvalue weighted by molar-refractivity contribution is 0.424. The molecule has 1 unspecified atom stereocenters. The molecule has 108 valence electrons. The van der Waals surface area contributed by atoms with E-state index in [1.54, 1.807) is 0 Å². The van der Waals surface area contributed by atoms with Gasteiger partial charge in [0.25, 0.3) is 0 Å². The van der Waals surface area contributed by atoms with Gasteiger partial charge in [-0.25, -0.2) is 8.78 Å². The summed E-state index contributed by atoms with van der Waals surface area (Å²) in [5.74, 6) is -1.41. The van der Waals surface area contributed by atoms with Gasteiger partial charge in [0.15, 0.2) is 11.6 Å². The van der Waals surface area contributed by atoms with E-state index >= 15 is 0 Å². The Bertz CT molecular complexity index is 573. The first-order valence-electron chi connectivity index (χ1n) is 6.39. The molecule has 0 aliphatic heterocycles. The summed E-state index contributed by atoms with van der Waals surface area (Å²) >= 11 is 0. The van der Waals surface area contributed by atoms with Crippen LogP contribution < -0.4 is 10.6 Å². The molecule has 1 heterocycles. The van der Waals surface area contributed by atoms with Crippen molar-refractivity contribution in [1.29, 1.82) is 0 Å². The van der Waals surface area contributed by atoms with E-state index in [-0.39, 0.29) is 12.1 Å². The van der Waals surface area contributed by atoms with E-state index in [2.05, 4.69) is 27.8 Å². The molecular formula is C13H16F2N4O. The van der Waals surface area contributed by atoms with Crippen molar-refractivity contribution in [1.82, 2.24) is 15.5 Å². The van der Waals surface area contributed by atoms with Gasteiger partial charge in [0.2, 0.25) is 5.89 Å². The smallest absolute Gasteiger partial charge is 0.320 e. The molecule has 1 aromatic heterocycles. The molecule has 1 aromatic carbocycles. The number of anilines is 2. The highest BCUT2D eigenvalue weighted by Crippen LogP contribution is 2.20. The largest absolute Gasteiger partial charge is 0.406 e. The fourth-order valence-corrected chi connectivity index (χ4v) is 1.61. The first-order chi connectivity index (χ1) is 9.60. The van der Waals surface area contributed by atoms with Crippen molar-refractivity contribution >= 4 is 11.7 Å². The fourth-order valence-electron chi connectivity index (χ4n) is 1.61. The van der Waals surface area contributed by atoms with Gasteiger partial charge in [0.1, 0.15) is 0 Å². The van der Waals surface area contributed by atoms with Crippen LogP contribution in [0, 0.1) is 11.6 Å².